The summed E-state index contributed by atoms with van der Waals surface area (Å²) in [6.07, 6.45) is 1.63. The SMILES string of the molecule is CCOC(=O)c1ccc(S(=O)(=O)N2CCCC2CNC)o1.Cl. The number of halogens is 1. The molecule has 1 aliphatic heterocycles. The highest BCUT2D eigenvalue weighted by atomic mass is 35.5. The van der Waals surface area contributed by atoms with Gasteiger partial charge in [-0.3, -0.25) is 0 Å². The predicted octanol–water partition coefficient (Wildman–Crippen LogP) is 1.25. The van der Waals surface area contributed by atoms with Gasteiger partial charge in [-0.25, -0.2) is 13.2 Å². The van der Waals surface area contributed by atoms with E-state index in [0.29, 0.717) is 13.1 Å². The molecule has 1 aliphatic rings. The Balaban J connectivity index is 0.00000242. The first-order valence-corrected chi connectivity index (χ1v) is 8.38. The molecule has 0 spiro atoms. The van der Waals surface area contributed by atoms with Crippen LogP contribution in [0.1, 0.15) is 30.3 Å². The quantitative estimate of drug-likeness (QED) is 0.775. The normalized spacial score (nSPS) is 18.9. The number of carbonyl (C=O) groups excluding carboxylic acids is 1. The third kappa shape index (κ3) is 3.81. The van der Waals surface area contributed by atoms with Gasteiger partial charge in [0.15, 0.2) is 0 Å². The van der Waals surface area contributed by atoms with Gasteiger partial charge in [0, 0.05) is 19.1 Å². The fourth-order valence-corrected chi connectivity index (χ4v) is 4.06. The van der Waals surface area contributed by atoms with Crippen LogP contribution >= 0.6 is 12.4 Å². The number of carbonyl (C=O) groups is 1. The molecule has 0 saturated carbocycles. The minimum atomic E-state index is -3.72. The summed E-state index contributed by atoms with van der Waals surface area (Å²) in [5.41, 5.74) is 0. The van der Waals surface area contributed by atoms with Crippen molar-refractivity contribution < 1.29 is 22.4 Å². The Bertz CT molecular complexity index is 601. The van der Waals surface area contributed by atoms with Gasteiger partial charge in [0.2, 0.25) is 10.9 Å². The third-order valence-electron chi connectivity index (χ3n) is 3.38. The van der Waals surface area contributed by atoms with Crippen molar-refractivity contribution in [1.82, 2.24) is 9.62 Å². The van der Waals surface area contributed by atoms with Gasteiger partial charge in [0.05, 0.1) is 6.61 Å². The van der Waals surface area contributed by atoms with Crippen LogP contribution in [0.5, 0.6) is 0 Å². The van der Waals surface area contributed by atoms with Crippen LogP contribution in [0.25, 0.3) is 0 Å². The largest absolute Gasteiger partial charge is 0.460 e. The Labute approximate surface area is 136 Å². The highest BCUT2D eigenvalue weighted by molar-refractivity contribution is 7.89. The molecule has 1 aromatic rings. The topological polar surface area (TPSA) is 88.9 Å². The smallest absolute Gasteiger partial charge is 0.374 e. The Morgan fingerprint density at radius 2 is 2.23 bits per heavy atom. The zero-order chi connectivity index (χ0) is 15.5. The van der Waals surface area contributed by atoms with Crippen LogP contribution in [0.4, 0.5) is 0 Å². The highest BCUT2D eigenvalue weighted by Gasteiger charge is 2.37. The standard InChI is InChI=1S/C13H20N2O5S.ClH/c1-3-19-13(16)11-6-7-12(20-11)21(17,18)15-8-4-5-10(15)9-14-2;/h6-7,10,14H,3-5,8-9H2,1-2H3;1H. The van der Waals surface area contributed by atoms with Crippen molar-refractivity contribution in [2.24, 2.45) is 0 Å². The second kappa shape index (κ2) is 7.96. The summed E-state index contributed by atoms with van der Waals surface area (Å²) < 4.78 is 36.5. The fourth-order valence-electron chi connectivity index (χ4n) is 2.45. The number of hydrogen-bond donors (Lipinski definition) is 1. The zero-order valence-corrected chi connectivity index (χ0v) is 14.2. The maximum atomic E-state index is 12.6. The summed E-state index contributed by atoms with van der Waals surface area (Å²) >= 11 is 0. The van der Waals surface area contributed by atoms with Gasteiger partial charge in [-0.05, 0) is 38.9 Å². The summed E-state index contributed by atoms with van der Waals surface area (Å²) in [6.45, 7) is 2.93. The maximum Gasteiger partial charge on any atom is 0.374 e. The molecule has 0 bridgehead atoms. The van der Waals surface area contributed by atoms with Crippen molar-refractivity contribution in [1.29, 1.82) is 0 Å². The van der Waals surface area contributed by atoms with Gasteiger partial charge >= 0.3 is 5.97 Å². The predicted molar refractivity (Wildman–Crippen MR) is 82.8 cm³/mol. The van der Waals surface area contributed by atoms with Gasteiger partial charge in [-0.15, -0.1) is 12.4 Å². The van der Waals surface area contributed by atoms with Crippen molar-refractivity contribution >= 4 is 28.4 Å². The molecule has 126 valence electrons. The Kier molecular flexibility index (Phi) is 6.86. The number of nitrogens with one attached hydrogen (secondary N) is 1. The molecular weight excluding hydrogens is 332 g/mol. The summed E-state index contributed by atoms with van der Waals surface area (Å²) in [5.74, 6) is -0.757. The molecule has 2 heterocycles. The Morgan fingerprint density at radius 3 is 2.86 bits per heavy atom. The van der Waals surface area contributed by atoms with E-state index in [2.05, 4.69) is 5.32 Å². The summed E-state index contributed by atoms with van der Waals surface area (Å²) in [7, 11) is -1.93. The van der Waals surface area contributed by atoms with Gasteiger partial charge < -0.3 is 14.5 Å². The van der Waals surface area contributed by atoms with Crippen molar-refractivity contribution in [3.05, 3.63) is 17.9 Å². The van der Waals surface area contributed by atoms with E-state index in [1.807, 2.05) is 0 Å². The average molecular weight is 353 g/mol. The lowest BCUT2D eigenvalue weighted by Crippen LogP contribution is -2.40. The average Bonchev–Trinajstić information content (AvgIpc) is 3.08. The third-order valence-corrected chi connectivity index (χ3v) is 5.21. The number of furan rings is 1. The number of likely N-dealkylation sites (N-methyl/N-ethyl adjacent to an activating group) is 1. The van der Waals surface area contributed by atoms with Crippen molar-refractivity contribution in [2.45, 2.75) is 30.9 Å². The monoisotopic (exact) mass is 352 g/mol. The maximum absolute atomic E-state index is 12.6. The van der Waals surface area contributed by atoms with E-state index in [-0.39, 0.29) is 35.9 Å². The van der Waals surface area contributed by atoms with Crippen molar-refractivity contribution in [2.75, 3.05) is 26.7 Å². The molecule has 1 unspecified atom stereocenters. The molecule has 7 nitrogen and oxygen atoms in total. The number of esters is 1. The van der Waals surface area contributed by atoms with E-state index >= 15 is 0 Å². The second-order valence-electron chi connectivity index (χ2n) is 4.81. The van der Waals surface area contributed by atoms with Crippen LogP contribution in [0, 0.1) is 0 Å². The Hall–Kier alpha value is -1.09. The van der Waals surface area contributed by atoms with E-state index in [4.69, 9.17) is 9.15 Å². The van der Waals surface area contributed by atoms with Gasteiger partial charge in [0.25, 0.3) is 10.0 Å². The van der Waals surface area contributed by atoms with Crippen LogP contribution < -0.4 is 5.32 Å². The molecule has 9 heteroatoms. The number of nitrogens with zero attached hydrogens (tertiary/aromatic N) is 1. The van der Waals surface area contributed by atoms with E-state index < -0.39 is 16.0 Å². The van der Waals surface area contributed by atoms with E-state index in [9.17, 15) is 13.2 Å². The molecule has 2 rings (SSSR count). The number of rotatable bonds is 6. The zero-order valence-electron chi connectivity index (χ0n) is 12.6. The molecule has 0 amide bonds. The lowest BCUT2D eigenvalue weighted by atomic mass is 10.2. The first-order valence-electron chi connectivity index (χ1n) is 6.94. The molecule has 1 N–H and O–H groups in total. The molecule has 22 heavy (non-hydrogen) atoms. The second-order valence-corrected chi connectivity index (χ2v) is 6.63. The molecule has 1 aromatic heterocycles. The van der Waals surface area contributed by atoms with Crippen LogP contribution in [0.3, 0.4) is 0 Å². The van der Waals surface area contributed by atoms with E-state index in [1.54, 1.807) is 14.0 Å². The van der Waals surface area contributed by atoms with Crippen LogP contribution in [-0.2, 0) is 14.8 Å². The summed E-state index contributed by atoms with van der Waals surface area (Å²) in [4.78, 5) is 11.5. The number of hydrogen-bond acceptors (Lipinski definition) is 6. The van der Waals surface area contributed by atoms with Gasteiger partial charge in [-0.2, -0.15) is 4.31 Å². The summed E-state index contributed by atoms with van der Waals surface area (Å²) in [6, 6.07) is 2.54. The molecule has 1 atom stereocenters. The van der Waals surface area contributed by atoms with Gasteiger partial charge in [-0.1, -0.05) is 0 Å². The lowest BCUT2D eigenvalue weighted by Gasteiger charge is -2.22. The molecule has 0 aliphatic carbocycles. The minimum Gasteiger partial charge on any atom is -0.460 e. The van der Waals surface area contributed by atoms with E-state index in [0.717, 1.165) is 12.8 Å². The van der Waals surface area contributed by atoms with Crippen LogP contribution in [0.2, 0.25) is 0 Å². The fraction of sp³-hybridized carbons (Fsp3) is 0.615. The molecular formula is C13H21ClN2O5S. The lowest BCUT2D eigenvalue weighted by molar-refractivity contribution is 0.0483. The first kappa shape index (κ1) is 19.0. The van der Waals surface area contributed by atoms with Crippen LogP contribution in [-0.4, -0.2) is 51.5 Å². The first-order chi connectivity index (χ1) is 10.0. The molecule has 0 radical (unpaired) electrons. The van der Waals surface area contributed by atoms with Crippen molar-refractivity contribution in [3.63, 3.8) is 0 Å². The van der Waals surface area contributed by atoms with E-state index in [1.165, 1.54) is 16.4 Å². The number of ether oxygens (including phenoxy) is 1. The van der Waals surface area contributed by atoms with Crippen molar-refractivity contribution in [3.8, 4) is 0 Å². The van der Waals surface area contributed by atoms with Crippen LogP contribution in [0.15, 0.2) is 21.6 Å². The van der Waals surface area contributed by atoms with Gasteiger partial charge in [0.1, 0.15) is 0 Å². The highest BCUT2D eigenvalue weighted by Crippen LogP contribution is 2.27. The Morgan fingerprint density at radius 1 is 1.50 bits per heavy atom. The summed E-state index contributed by atoms with van der Waals surface area (Å²) in [5, 5.41) is 2.78. The minimum absolute atomic E-state index is 0. The molecule has 1 saturated heterocycles. The molecule has 0 aromatic carbocycles. The number of sulfonamides is 1. The molecule has 1 fully saturated rings.